The Hall–Kier alpha value is -2.78. The van der Waals surface area contributed by atoms with E-state index in [1.54, 1.807) is 18.6 Å². The highest BCUT2D eigenvalue weighted by atomic mass is 32.1. The third kappa shape index (κ3) is 4.78. The number of rotatable bonds is 7. The number of aromatic nitrogens is 1. The summed E-state index contributed by atoms with van der Waals surface area (Å²) in [4.78, 5) is 29.2. The minimum Gasteiger partial charge on any atom is -0.472 e. The number of hydrogen-bond acceptors (Lipinski definition) is 6. The van der Waals surface area contributed by atoms with Crippen molar-refractivity contribution in [2.24, 2.45) is 0 Å². The van der Waals surface area contributed by atoms with Crippen LogP contribution < -0.4 is 4.74 Å². The molecule has 4 heterocycles. The van der Waals surface area contributed by atoms with Gasteiger partial charge in [-0.3, -0.25) is 9.69 Å². The third-order valence-electron chi connectivity index (χ3n) is 7.91. The second-order valence-electron chi connectivity index (χ2n) is 10.4. The summed E-state index contributed by atoms with van der Waals surface area (Å²) in [6, 6.07) is 4.37. The molecule has 1 amide bonds. The van der Waals surface area contributed by atoms with Crippen LogP contribution in [0.2, 0.25) is 0 Å². The predicted molar refractivity (Wildman–Crippen MR) is 140 cm³/mol. The van der Waals surface area contributed by atoms with Crippen LogP contribution in [0.25, 0.3) is 21.5 Å². The number of carbonyl (C=O) groups excluding carboxylic acids is 1. The minimum atomic E-state index is -1.33. The van der Waals surface area contributed by atoms with Crippen LogP contribution in [-0.4, -0.2) is 63.8 Å². The first-order valence-electron chi connectivity index (χ1n) is 12.9. The summed E-state index contributed by atoms with van der Waals surface area (Å²) in [5.41, 5.74) is 4.00. The van der Waals surface area contributed by atoms with Gasteiger partial charge in [0, 0.05) is 43.9 Å². The Labute approximate surface area is 215 Å². The summed E-state index contributed by atoms with van der Waals surface area (Å²) in [5.74, 6) is 0.403. The monoisotopic (exact) mass is 513 g/mol. The lowest BCUT2D eigenvalue weighted by Gasteiger charge is -2.27. The number of likely N-dealkylation sites (tertiary alicyclic amines) is 1. The number of carboxylic acid groups (broad SMARTS) is 1. The summed E-state index contributed by atoms with van der Waals surface area (Å²) in [6.07, 6.45) is 8.78. The van der Waals surface area contributed by atoms with Crippen molar-refractivity contribution in [2.75, 3.05) is 20.1 Å². The van der Waals surface area contributed by atoms with Gasteiger partial charge in [0.25, 0.3) is 0 Å². The van der Waals surface area contributed by atoms with Crippen LogP contribution in [-0.2, 0) is 11.3 Å². The highest BCUT2D eigenvalue weighted by Gasteiger charge is 2.33. The summed E-state index contributed by atoms with van der Waals surface area (Å²) in [5, 5.41) is 9.56. The zero-order chi connectivity index (χ0) is 25.4. The standard InChI is InChI=1S/C27H35N3O5S/c1-17(2)29-11-9-20(14-29)28(3)22(31)15-30-21-13-23(35-27(32)33)36-26(21)24(18-7-5-4-6-8-18)25(30)19-10-12-34-16-19/h10,12-13,16-18,20H,4-9,11,14-15H2,1-3H3,(H,32,33). The predicted octanol–water partition coefficient (Wildman–Crippen LogP) is 6.01. The van der Waals surface area contributed by atoms with Crippen molar-refractivity contribution >= 4 is 33.6 Å². The van der Waals surface area contributed by atoms with Gasteiger partial charge in [-0.1, -0.05) is 30.6 Å². The molecule has 1 atom stereocenters. The van der Waals surface area contributed by atoms with Gasteiger partial charge in [-0.15, -0.1) is 0 Å². The van der Waals surface area contributed by atoms with Crippen LogP contribution in [0.15, 0.2) is 29.1 Å². The molecule has 0 spiro atoms. The minimum absolute atomic E-state index is 0.0503. The van der Waals surface area contributed by atoms with E-state index in [9.17, 15) is 14.7 Å². The molecule has 36 heavy (non-hydrogen) atoms. The van der Waals surface area contributed by atoms with Crippen LogP contribution >= 0.6 is 11.3 Å². The maximum atomic E-state index is 13.7. The normalized spacial score (nSPS) is 19.4. The fourth-order valence-corrected chi connectivity index (χ4v) is 7.04. The van der Waals surface area contributed by atoms with E-state index in [4.69, 9.17) is 9.15 Å². The Morgan fingerprint density at radius 2 is 2.03 bits per heavy atom. The van der Waals surface area contributed by atoms with E-state index < -0.39 is 6.16 Å². The fraction of sp³-hybridized carbons (Fsp3) is 0.556. The van der Waals surface area contributed by atoms with Gasteiger partial charge in [-0.2, -0.15) is 0 Å². The molecule has 0 aromatic carbocycles. The van der Waals surface area contributed by atoms with Crippen LogP contribution in [0.5, 0.6) is 5.06 Å². The van der Waals surface area contributed by atoms with Gasteiger partial charge in [0.05, 0.1) is 28.4 Å². The van der Waals surface area contributed by atoms with Crippen LogP contribution in [0.3, 0.4) is 0 Å². The molecule has 1 N–H and O–H groups in total. The smallest absolute Gasteiger partial charge is 0.472 e. The molecule has 9 heteroatoms. The van der Waals surface area contributed by atoms with E-state index in [-0.39, 0.29) is 18.5 Å². The average molecular weight is 514 g/mol. The van der Waals surface area contributed by atoms with Crippen molar-refractivity contribution in [2.45, 2.75) is 76.9 Å². The Kier molecular flexibility index (Phi) is 7.12. The molecule has 3 aromatic heterocycles. The molecular weight excluding hydrogens is 478 g/mol. The highest BCUT2D eigenvalue weighted by molar-refractivity contribution is 7.21. The Morgan fingerprint density at radius 1 is 1.25 bits per heavy atom. The third-order valence-corrected chi connectivity index (χ3v) is 8.94. The molecule has 1 saturated carbocycles. The zero-order valence-electron chi connectivity index (χ0n) is 21.2. The van der Waals surface area contributed by atoms with Crippen molar-refractivity contribution < 1.29 is 23.8 Å². The molecule has 1 unspecified atom stereocenters. The SMILES string of the molecule is CC(C)N1CCC(N(C)C(=O)Cn2c(-c3ccoc3)c(C3CCCCC3)c3sc(OC(=O)O)cc32)C1. The van der Waals surface area contributed by atoms with E-state index in [2.05, 4.69) is 23.3 Å². The molecule has 2 fully saturated rings. The van der Waals surface area contributed by atoms with Crippen molar-refractivity contribution in [1.82, 2.24) is 14.4 Å². The second-order valence-corrected chi connectivity index (χ2v) is 11.4. The molecule has 5 rings (SSSR count). The van der Waals surface area contributed by atoms with E-state index in [1.165, 1.54) is 36.2 Å². The lowest BCUT2D eigenvalue weighted by Crippen LogP contribution is -2.41. The zero-order valence-corrected chi connectivity index (χ0v) is 22.1. The molecule has 1 aliphatic carbocycles. The van der Waals surface area contributed by atoms with E-state index >= 15 is 0 Å². The van der Waals surface area contributed by atoms with Gasteiger partial charge in [-0.05, 0) is 50.7 Å². The highest BCUT2D eigenvalue weighted by Crippen LogP contribution is 2.48. The van der Waals surface area contributed by atoms with Crippen molar-refractivity contribution in [3.05, 3.63) is 30.2 Å². The van der Waals surface area contributed by atoms with E-state index in [0.29, 0.717) is 17.0 Å². The number of carbonyl (C=O) groups is 2. The van der Waals surface area contributed by atoms with Gasteiger partial charge < -0.3 is 23.7 Å². The molecule has 8 nitrogen and oxygen atoms in total. The number of amides is 1. The van der Waals surface area contributed by atoms with E-state index in [1.807, 2.05) is 18.0 Å². The topological polar surface area (TPSA) is 88.2 Å². The van der Waals surface area contributed by atoms with Crippen LogP contribution in [0.1, 0.15) is 63.9 Å². The summed E-state index contributed by atoms with van der Waals surface area (Å²) in [7, 11) is 1.91. The molecular formula is C27H35N3O5S. The first-order valence-corrected chi connectivity index (χ1v) is 13.7. The maximum absolute atomic E-state index is 13.7. The first-order chi connectivity index (χ1) is 17.3. The van der Waals surface area contributed by atoms with Gasteiger partial charge in [0.15, 0.2) is 5.06 Å². The second kappa shape index (κ2) is 10.3. The van der Waals surface area contributed by atoms with Gasteiger partial charge in [0.2, 0.25) is 5.91 Å². The van der Waals surface area contributed by atoms with E-state index in [0.717, 1.165) is 53.8 Å². The van der Waals surface area contributed by atoms with Crippen LogP contribution in [0, 0.1) is 0 Å². The van der Waals surface area contributed by atoms with Crippen molar-refractivity contribution in [1.29, 1.82) is 0 Å². The van der Waals surface area contributed by atoms with Gasteiger partial charge in [-0.25, -0.2) is 4.79 Å². The fourth-order valence-electron chi connectivity index (χ4n) is 5.91. The Bertz CT molecular complexity index is 1220. The summed E-state index contributed by atoms with van der Waals surface area (Å²) >= 11 is 1.36. The number of fused-ring (bicyclic) bond motifs is 1. The number of furan rings is 1. The summed E-state index contributed by atoms with van der Waals surface area (Å²) < 4.78 is 13.6. The Balaban J connectivity index is 1.56. The molecule has 1 saturated heterocycles. The van der Waals surface area contributed by atoms with Crippen LogP contribution in [0.4, 0.5) is 4.79 Å². The lowest BCUT2D eigenvalue weighted by molar-refractivity contribution is -0.132. The van der Waals surface area contributed by atoms with Crippen molar-refractivity contribution in [3.63, 3.8) is 0 Å². The molecule has 0 radical (unpaired) electrons. The maximum Gasteiger partial charge on any atom is 0.512 e. The van der Waals surface area contributed by atoms with Gasteiger partial charge in [0.1, 0.15) is 6.54 Å². The summed E-state index contributed by atoms with van der Waals surface area (Å²) in [6.45, 7) is 6.45. The number of ether oxygens (including phenoxy) is 1. The molecule has 2 aliphatic rings. The average Bonchev–Trinajstić information content (AvgIpc) is 3.64. The Morgan fingerprint density at radius 3 is 2.67 bits per heavy atom. The van der Waals surface area contributed by atoms with Gasteiger partial charge >= 0.3 is 6.16 Å². The largest absolute Gasteiger partial charge is 0.512 e. The number of thiophene rings is 1. The van der Waals surface area contributed by atoms with Crippen molar-refractivity contribution in [3.8, 4) is 16.3 Å². The molecule has 0 bridgehead atoms. The molecule has 1 aliphatic heterocycles. The number of nitrogens with zero attached hydrogens (tertiary/aromatic N) is 3. The number of hydrogen-bond donors (Lipinski definition) is 1. The molecule has 194 valence electrons. The first kappa shape index (κ1) is 24.9. The quantitative estimate of drug-likeness (QED) is 0.389. The lowest BCUT2D eigenvalue weighted by atomic mass is 9.83. The molecule has 3 aromatic rings. The number of likely N-dealkylation sites (N-methyl/N-ethyl adjacent to an activating group) is 1.